The molecule has 0 spiro atoms. The number of aromatic nitrogens is 1. The molecule has 2 aromatic rings. The standard InChI is InChI=1S/C16H24N2O/c1-16(2,3)15(8-9-19)18-11-12-10-17-14-7-5-4-6-13(12)14/h4-7,10,15,17-19H,8-9,11H2,1-3H3. The van der Waals surface area contributed by atoms with Gasteiger partial charge < -0.3 is 15.4 Å². The fraction of sp³-hybridized carbons (Fsp3) is 0.500. The fourth-order valence-corrected chi connectivity index (χ4v) is 2.48. The molecular formula is C16H24N2O. The second kappa shape index (κ2) is 5.76. The topological polar surface area (TPSA) is 48.0 Å². The molecule has 1 unspecified atom stereocenters. The monoisotopic (exact) mass is 260 g/mol. The van der Waals surface area contributed by atoms with Crippen LogP contribution >= 0.6 is 0 Å². The molecule has 0 saturated heterocycles. The van der Waals surface area contributed by atoms with E-state index in [0.717, 1.165) is 13.0 Å². The lowest BCUT2D eigenvalue weighted by Crippen LogP contribution is -2.40. The van der Waals surface area contributed by atoms with E-state index in [9.17, 15) is 5.11 Å². The number of rotatable bonds is 5. The molecule has 104 valence electrons. The highest BCUT2D eigenvalue weighted by Gasteiger charge is 2.23. The van der Waals surface area contributed by atoms with Crippen LogP contribution in [0.3, 0.4) is 0 Å². The van der Waals surface area contributed by atoms with Gasteiger partial charge in [0.1, 0.15) is 0 Å². The molecule has 3 heteroatoms. The summed E-state index contributed by atoms with van der Waals surface area (Å²) < 4.78 is 0. The highest BCUT2D eigenvalue weighted by molar-refractivity contribution is 5.82. The Bertz CT molecular complexity index is 525. The van der Waals surface area contributed by atoms with Crippen LogP contribution in [0.15, 0.2) is 30.5 Å². The van der Waals surface area contributed by atoms with Crippen LogP contribution in [0.5, 0.6) is 0 Å². The Kier molecular flexibility index (Phi) is 4.27. The Hall–Kier alpha value is -1.32. The molecule has 2 rings (SSSR count). The minimum Gasteiger partial charge on any atom is -0.396 e. The van der Waals surface area contributed by atoms with E-state index in [1.165, 1.54) is 16.5 Å². The first kappa shape index (κ1) is 14.1. The van der Waals surface area contributed by atoms with Gasteiger partial charge in [0.2, 0.25) is 0 Å². The molecule has 1 atom stereocenters. The van der Waals surface area contributed by atoms with Gasteiger partial charge in [-0.05, 0) is 23.5 Å². The summed E-state index contributed by atoms with van der Waals surface area (Å²) in [5.41, 5.74) is 2.60. The van der Waals surface area contributed by atoms with Gasteiger partial charge in [-0.1, -0.05) is 39.0 Å². The number of fused-ring (bicyclic) bond motifs is 1. The van der Waals surface area contributed by atoms with Crippen LogP contribution in [0.4, 0.5) is 0 Å². The Morgan fingerprint density at radius 1 is 1.26 bits per heavy atom. The highest BCUT2D eigenvalue weighted by atomic mass is 16.3. The maximum Gasteiger partial charge on any atom is 0.0457 e. The maximum atomic E-state index is 9.18. The molecule has 0 radical (unpaired) electrons. The van der Waals surface area contributed by atoms with Crippen molar-refractivity contribution in [1.29, 1.82) is 0 Å². The second-order valence-corrected chi connectivity index (χ2v) is 6.17. The first-order valence-electron chi connectivity index (χ1n) is 6.91. The lowest BCUT2D eigenvalue weighted by Gasteiger charge is -2.31. The molecule has 19 heavy (non-hydrogen) atoms. The zero-order valence-electron chi connectivity index (χ0n) is 12.0. The van der Waals surface area contributed by atoms with Crippen molar-refractivity contribution < 1.29 is 5.11 Å². The molecule has 1 aromatic heterocycles. The zero-order valence-corrected chi connectivity index (χ0v) is 12.0. The molecule has 0 amide bonds. The summed E-state index contributed by atoms with van der Waals surface area (Å²) in [6.45, 7) is 7.66. The molecule has 1 aromatic carbocycles. The minimum absolute atomic E-state index is 0.148. The average Bonchev–Trinajstić information content (AvgIpc) is 2.76. The summed E-state index contributed by atoms with van der Waals surface area (Å²) in [6, 6.07) is 8.65. The number of H-pyrrole nitrogens is 1. The summed E-state index contributed by atoms with van der Waals surface area (Å²) in [5, 5.41) is 14.0. The van der Waals surface area contributed by atoms with Crippen molar-refractivity contribution in [2.45, 2.75) is 39.8 Å². The van der Waals surface area contributed by atoms with E-state index in [0.29, 0.717) is 6.04 Å². The molecule has 0 fully saturated rings. The Labute approximate surface area is 115 Å². The van der Waals surface area contributed by atoms with Gasteiger partial charge in [0.05, 0.1) is 0 Å². The number of hydrogen-bond acceptors (Lipinski definition) is 2. The summed E-state index contributed by atoms with van der Waals surface area (Å²) in [5.74, 6) is 0. The van der Waals surface area contributed by atoms with Crippen LogP contribution in [-0.2, 0) is 6.54 Å². The van der Waals surface area contributed by atoms with Crippen molar-refractivity contribution in [2.75, 3.05) is 6.61 Å². The largest absolute Gasteiger partial charge is 0.396 e. The van der Waals surface area contributed by atoms with Crippen LogP contribution in [0.2, 0.25) is 0 Å². The van der Waals surface area contributed by atoms with Gasteiger partial charge in [-0.15, -0.1) is 0 Å². The third-order valence-corrected chi connectivity index (χ3v) is 3.68. The number of aliphatic hydroxyl groups excluding tert-OH is 1. The van der Waals surface area contributed by atoms with Crippen LogP contribution in [0.25, 0.3) is 10.9 Å². The van der Waals surface area contributed by atoms with Crippen molar-refractivity contribution in [3.8, 4) is 0 Å². The van der Waals surface area contributed by atoms with E-state index in [1.807, 2.05) is 6.07 Å². The average molecular weight is 260 g/mol. The quantitative estimate of drug-likeness (QED) is 0.774. The molecule has 0 aliphatic carbocycles. The number of aliphatic hydroxyl groups is 1. The highest BCUT2D eigenvalue weighted by Crippen LogP contribution is 2.23. The van der Waals surface area contributed by atoms with Crippen molar-refractivity contribution in [2.24, 2.45) is 5.41 Å². The second-order valence-electron chi connectivity index (χ2n) is 6.17. The summed E-state index contributed by atoms with van der Waals surface area (Å²) in [6.07, 6.45) is 2.85. The number of para-hydroxylation sites is 1. The Morgan fingerprint density at radius 3 is 2.68 bits per heavy atom. The lowest BCUT2D eigenvalue weighted by atomic mass is 9.85. The predicted molar refractivity (Wildman–Crippen MR) is 80.1 cm³/mol. The van der Waals surface area contributed by atoms with Crippen LogP contribution in [0, 0.1) is 5.41 Å². The van der Waals surface area contributed by atoms with Gasteiger partial charge in [-0.3, -0.25) is 0 Å². The van der Waals surface area contributed by atoms with Gasteiger partial charge in [0, 0.05) is 36.3 Å². The number of nitrogens with one attached hydrogen (secondary N) is 2. The molecule has 3 nitrogen and oxygen atoms in total. The molecule has 0 aliphatic heterocycles. The summed E-state index contributed by atoms with van der Waals surface area (Å²) >= 11 is 0. The van der Waals surface area contributed by atoms with Crippen LogP contribution < -0.4 is 5.32 Å². The van der Waals surface area contributed by atoms with Crippen LogP contribution in [0.1, 0.15) is 32.8 Å². The molecule has 3 N–H and O–H groups in total. The van der Waals surface area contributed by atoms with Gasteiger partial charge >= 0.3 is 0 Å². The predicted octanol–water partition coefficient (Wildman–Crippen LogP) is 3.05. The van der Waals surface area contributed by atoms with Crippen LogP contribution in [-0.4, -0.2) is 22.7 Å². The molecular weight excluding hydrogens is 236 g/mol. The van der Waals surface area contributed by atoms with E-state index in [1.54, 1.807) is 0 Å². The fourth-order valence-electron chi connectivity index (χ4n) is 2.48. The Morgan fingerprint density at radius 2 is 2.00 bits per heavy atom. The third kappa shape index (κ3) is 3.37. The van der Waals surface area contributed by atoms with Gasteiger partial charge in [-0.25, -0.2) is 0 Å². The SMILES string of the molecule is CC(C)(C)C(CCO)NCc1c[nH]c2ccccc12. The Balaban J connectivity index is 2.08. The third-order valence-electron chi connectivity index (χ3n) is 3.68. The lowest BCUT2D eigenvalue weighted by molar-refractivity contribution is 0.196. The minimum atomic E-state index is 0.148. The number of aromatic amines is 1. The molecule has 0 bridgehead atoms. The summed E-state index contributed by atoms with van der Waals surface area (Å²) in [4.78, 5) is 3.29. The van der Waals surface area contributed by atoms with E-state index in [-0.39, 0.29) is 12.0 Å². The smallest absolute Gasteiger partial charge is 0.0457 e. The number of hydrogen-bond donors (Lipinski definition) is 3. The normalized spacial score (nSPS) is 13.9. The van der Waals surface area contributed by atoms with Crippen molar-refractivity contribution in [3.05, 3.63) is 36.0 Å². The first-order valence-corrected chi connectivity index (χ1v) is 6.91. The van der Waals surface area contributed by atoms with Crippen molar-refractivity contribution in [3.63, 3.8) is 0 Å². The maximum absolute atomic E-state index is 9.18. The zero-order chi connectivity index (χ0) is 13.9. The van der Waals surface area contributed by atoms with Gasteiger partial charge in [0.15, 0.2) is 0 Å². The van der Waals surface area contributed by atoms with Gasteiger partial charge in [-0.2, -0.15) is 0 Å². The van der Waals surface area contributed by atoms with E-state index < -0.39 is 0 Å². The van der Waals surface area contributed by atoms with Crippen molar-refractivity contribution >= 4 is 10.9 Å². The molecule has 0 aliphatic rings. The summed E-state index contributed by atoms with van der Waals surface area (Å²) in [7, 11) is 0. The van der Waals surface area contributed by atoms with Crippen molar-refractivity contribution in [1.82, 2.24) is 10.3 Å². The molecule has 1 heterocycles. The van der Waals surface area contributed by atoms with E-state index >= 15 is 0 Å². The number of benzene rings is 1. The van der Waals surface area contributed by atoms with Gasteiger partial charge in [0.25, 0.3) is 0 Å². The first-order chi connectivity index (χ1) is 9.02. The molecule has 0 saturated carbocycles. The van der Waals surface area contributed by atoms with E-state index in [4.69, 9.17) is 0 Å². The van der Waals surface area contributed by atoms with E-state index in [2.05, 4.69) is 55.5 Å².